The fraction of sp³-hybridized carbons (Fsp3) is 0.200. The zero-order valence-electron chi connectivity index (χ0n) is 13.6. The van der Waals surface area contributed by atoms with Crippen molar-refractivity contribution in [3.05, 3.63) is 71.0 Å². The molecule has 2 N–H and O–H groups in total. The van der Waals surface area contributed by atoms with Crippen LogP contribution in [-0.2, 0) is 0 Å². The number of aryl methyl sites for hydroxylation is 4. The molecule has 2 heteroatoms. The van der Waals surface area contributed by atoms with Gasteiger partial charge in [-0.15, -0.1) is 0 Å². The molecule has 0 radical (unpaired) electrons. The Morgan fingerprint density at radius 3 is 1.27 bits per heavy atom. The van der Waals surface area contributed by atoms with Crippen LogP contribution < -0.4 is 0 Å². The molecule has 4 rings (SSSR count). The van der Waals surface area contributed by atoms with Crippen LogP contribution in [0.4, 0.5) is 0 Å². The van der Waals surface area contributed by atoms with E-state index in [1.807, 2.05) is 0 Å². The average molecular weight is 290 g/mol. The highest BCUT2D eigenvalue weighted by Gasteiger charge is 2.01. The van der Waals surface area contributed by atoms with E-state index in [2.05, 4.69) is 86.2 Å². The van der Waals surface area contributed by atoms with E-state index in [4.69, 9.17) is 0 Å². The summed E-state index contributed by atoms with van der Waals surface area (Å²) in [7, 11) is 0. The van der Waals surface area contributed by atoms with Crippen molar-refractivity contribution in [1.82, 2.24) is 9.97 Å². The monoisotopic (exact) mass is 290 g/mol. The van der Waals surface area contributed by atoms with E-state index >= 15 is 0 Å². The van der Waals surface area contributed by atoms with Gasteiger partial charge in [0.15, 0.2) is 0 Å². The van der Waals surface area contributed by atoms with Gasteiger partial charge in [-0.2, -0.15) is 0 Å². The first kappa shape index (κ1) is 14.5. The number of hydrogen-bond acceptors (Lipinski definition) is 0. The molecule has 0 saturated heterocycles. The molecule has 0 saturated carbocycles. The van der Waals surface area contributed by atoms with Crippen LogP contribution in [-0.4, -0.2) is 9.97 Å². The van der Waals surface area contributed by atoms with E-state index in [0.29, 0.717) is 0 Å². The maximum Gasteiger partial charge on any atom is 0.0458 e. The molecule has 0 aliphatic rings. The lowest BCUT2D eigenvalue weighted by Gasteiger charge is -1.87. The molecule has 0 spiro atoms. The van der Waals surface area contributed by atoms with Gasteiger partial charge >= 0.3 is 0 Å². The molecule has 112 valence electrons. The molecule has 2 heterocycles. The second-order valence-electron chi connectivity index (χ2n) is 5.84. The molecular weight excluding hydrogens is 268 g/mol. The highest BCUT2D eigenvalue weighted by atomic mass is 14.7. The summed E-state index contributed by atoms with van der Waals surface area (Å²) in [5.74, 6) is 0. The van der Waals surface area contributed by atoms with Gasteiger partial charge in [0.05, 0.1) is 0 Å². The summed E-state index contributed by atoms with van der Waals surface area (Å²) in [4.78, 5) is 6.65. The molecule has 0 bridgehead atoms. The third kappa shape index (κ3) is 2.52. The van der Waals surface area contributed by atoms with Crippen molar-refractivity contribution in [2.24, 2.45) is 0 Å². The highest BCUT2D eigenvalue weighted by molar-refractivity contribution is 5.84. The smallest absolute Gasteiger partial charge is 0.0458 e. The van der Waals surface area contributed by atoms with Gasteiger partial charge in [-0.25, -0.2) is 0 Å². The van der Waals surface area contributed by atoms with Gasteiger partial charge in [-0.3, -0.25) is 0 Å². The lowest BCUT2D eigenvalue weighted by Crippen LogP contribution is -1.70. The minimum Gasteiger partial charge on any atom is -0.358 e. The number of aromatic nitrogens is 2. The quantitative estimate of drug-likeness (QED) is 0.424. The first-order valence-electron chi connectivity index (χ1n) is 7.65. The van der Waals surface area contributed by atoms with Gasteiger partial charge in [0.2, 0.25) is 0 Å². The van der Waals surface area contributed by atoms with Crippen molar-refractivity contribution in [1.29, 1.82) is 0 Å². The molecular formula is C20H22N2. The van der Waals surface area contributed by atoms with Crippen molar-refractivity contribution in [3.8, 4) is 0 Å². The molecule has 22 heavy (non-hydrogen) atoms. The van der Waals surface area contributed by atoms with Crippen LogP contribution in [0.3, 0.4) is 0 Å². The third-order valence-corrected chi connectivity index (χ3v) is 4.43. The van der Waals surface area contributed by atoms with Crippen molar-refractivity contribution < 1.29 is 0 Å². The maximum atomic E-state index is 3.33. The number of fused-ring (bicyclic) bond motifs is 2. The van der Waals surface area contributed by atoms with E-state index in [-0.39, 0.29) is 0 Å². The Balaban J connectivity index is 0.000000131. The summed E-state index contributed by atoms with van der Waals surface area (Å²) in [5, 5.41) is 2.68. The van der Waals surface area contributed by atoms with Crippen LogP contribution >= 0.6 is 0 Å². The molecule has 0 fully saturated rings. The van der Waals surface area contributed by atoms with Gasteiger partial charge in [0.1, 0.15) is 0 Å². The summed E-state index contributed by atoms with van der Waals surface area (Å²) < 4.78 is 0. The normalized spacial score (nSPS) is 10.7. The van der Waals surface area contributed by atoms with Gasteiger partial charge in [-0.05, 0) is 51.0 Å². The second-order valence-corrected chi connectivity index (χ2v) is 5.84. The standard InChI is InChI=1S/2C10H11N/c2*1-7-8(2)11-10-6-4-3-5-9(7)10/h2*3-6,11H,1-2H3. The van der Waals surface area contributed by atoms with Crippen LogP contribution in [0.25, 0.3) is 21.8 Å². The Morgan fingerprint density at radius 2 is 0.909 bits per heavy atom. The van der Waals surface area contributed by atoms with Crippen molar-refractivity contribution in [2.75, 3.05) is 0 Å². The molecule has 0 atom stereocenters. The van der Waals surface area contributed by atoms with E-state index in [9.17, 15) is 0 Å². The van der Waals surface area contributed by atoms with Crippen LogP contribution in [0.1, 0.15) is 22.5 Å². The lowest BCUT2D eigenvalue weighted by molar-refractivity contribution is 1.25. The largest absolute Gasteiger partial charge is 0.358 e. The van der Waals surface area contributed by atoms with E-state index < -0.39 is 0 Å². The first-order chi connectivity index (χ1) is 10.6. The number of hydrogen-bond donors (Lipinski definition) is 2. The Bertz CT molecular complexity index is 847. The molecule has 2 aromatic heterocycles. The third-order valence-electron chi connectivity index (χ3n) is 4.43. The maximum absolute atomic E-state index is 3.33. The van der Waals surface area contributed by atoms with Crippen molar-refractivity contribution in [3.63, 3.8) is 0 Å². The Morgan fingerprint density at radius 1 is 0.545 bits per heavy atom. The molecule has 0 aliphatic carbocycles. The first-order valence-corrected chi connectivity index (χ1v) is 7.65. The van der Waals surface area contributed by atoms with Crippen LogP contribution in [0, 0.1) is 27.7 Å². The van der Waals surface area contributed by atoms with E-state index in [1.54, 1.807) is 0 Å². The molecule has 2 aromatic carbocycles. The summed E-state index contributed by atoms with van der Waals surface area (Å²) in [6.45, 7) is 8.51. The number of benzene rings is 2. The average Bonchev–Trinajstić information content (AvgIpc) is 2.98. The van der Waals surface area contributed by atoms with Gasteiger partial charge in [0.25, 0.3) is 0 Å². The fourth-order valence-electron chi connectivity index (χ4n) is 2.83. The topological polar surface area (TPSA) is 31.6 Å². The second kappa shape index (κ2) is 5.72. The van der Waals surface area contributed by atoms with E-state index in [1.165, 1.54) is 44.3 Å². The number of aromatic amines is 2. The SMILES string of the molecule is Cc1[nH]c2ccccc2c1C.Cc1[nH]c2ccccc2c1C. The molecule has 2 nitrogen and oxygen atoms in total. The molecule has 4 aromatic rings. The number of para-hydroxylation sites is 2. The van der Waals surface area contributed by atoms with Gasteiger partial charge < -0.3 is 9.97 Å². The van der Waals surface area contributed by atoms with Crippen LogP contribution in [0.2, 0.25) is 0 Å². The predicted octanol–water partition coefficient (Wildman–Crippen LogP) is 5.57. The van der Waals surface area contributed by atoms with Gasteiger partial charge in [0, 0.05) is 33.2 Å². The van der Waals surface area contributed by atoms with E-state index in [0.717, 1.165) is 0 Å². The van der Waals surface area contributed by atoms with Crippen LogP contribution in [0.5, 0.6) is 0 Å². The van der Waals surface area contributed by atoms with Gasteiger partial charge in [-0.1, -0.05) is 36.4 Å². The Hall–Kier alpha value is -2.48. The lowest BCUT2D eigenvalue weighted by atomic mass is 10.2. The minimum absolute atomic E-state index is 1.24. The molecule has 0 amide bonds. The predicted molar refractivity (Wildman–Crippen MR) is 95.5 cm³/mol. The zero-order chi connectivity index (χ0) is 15.7. The summed E-state index contributed by atoms with van der Waals surface area (Å²) >= 11 is 0. The number of H-pyrrole nitrogens is 2. The molecule has 0 unspecified atom stereocenters. The molecule has 0 aliphatic heterocycles. The van der Waals surface area contributed by atoms with Crippen molar-refractivity contribution >= 4 is 21.8 Å². The fourth-order valence-corrected chi connectivity index (χ4v) is 2.83. The summed E-state index contributed by atoms with van der Waals surface area (Å²) in [6, 6.07) is 16.8. The Kier molecular flexibility index (Phi) is 3.76. The van der Waals surface area contributed by atoms with Crippen molar-refractivity contribution in [2.45, 2.75) is 27.7 Å². The minimum atomic E-state index is 1.24. The summed E-state index contributed by atoms with van der Waals surface area (Å²) in [5.41, 5.74) is 7.74. The Labute approximate surface area is 131 Å². The number of rotatable bonds is 0. The highest BCUT2D eigenvalue weighted by Crippen LogP contribution is 2.20. The van der Waals surface area contributed by atoms with Crippen LogP contribution in [0.15, 0.2) is 48.5 Å². The zero-order valence-corrected chi connectivity index (χ0v) is 13.6. The number of nitrogens with one attached hydrogen (secondary N) is 2. The summed E-state index contributed by atoms with van der Waals surface area (Å²) in [6.07, 6.45) is 0.